The number of hydrogen-bond donors (Lipinski definition) is 1. The van der Waals surface area contributed by atoms with Crippen molar-refractivity contribution in [3.63, 3.8) is 0 Å². The molecule has 19 heavy (non-hydrogen) atoms. The molecule has 2 N–H and O–H groups in total. The molecule has 0 saturated carbocycles. The van der Waals surface area contributed by atoms with Crippen molar-refractivity contribution >= 4 is 5.69 Å². The van der Waals surface area contributed by atoms with Crippen molar-refractivity contribution in [1.82, 2.24) is 0 Å². The van der Waals surface area contributed by atoms with Crippen LogP contribution in [0.15, 0.2) is 36.4 Å². The maximum atomic E-state index is 5.95. The second-order valence-corrected chi connectivity index (χ2v) is 5.28. The Bertz CT molecular complexity index is 604. The van der Waals surface area contributed by atoms with E-state index in [-0.39, 0.29) is 0 Å². The van der Waals surface area contributed by atoms with Gasteiger partial charge in [0.05, 0.1) is 5.69 Å². The van der Waals surface area contributed by atoms with Gasteiger partial charge in [0.2, 0.25) is 0 Å². The van der Waals surface area contributed by atoms with Crippen LogP contribution in [0, 0.1) is 6.92 Å². The lowest BCUT2D eigenvalue weighted by molar-refractivity contribution is 0.482. The Labute approximate surface area is 114 Å². The Morgan fingerprint density at radius 3 is 2.58 bits per heavy atom. The van der Waals surface area contributed by atoms with Crippen LogP contribution >= 0.6 is 0 Å². The van der Waals surface area contributed by atoms with Gasteiger partial charge in [-0.3, -0.25) is 0 Å². The number of anilines is 1. The fraction of sp³-hybridized carbons (Fsp3) is 0.294. The lowest BCUT2D eigenvalue weighted by atomic mass is 9.92. The highest BCUT2D eigenvalue weighted by Crippen LogP contribution is 2.31. The van der Waals surface area contributed by atoms with Crippen LogP contribution in [0.25, 0.3) is 0 Å². The van der Waals surface area contributed by atoms with Crippen molar-refractivity contribution in [3.05, 3.63) is 53.1 Å². The van der Waals surface area contributed by atoms with Crippen LogP contribution in [0.2, 0.25) is 0 Å². The van der Waals surface area contributed by atoms with E-state index >= 15 is 0 Å². The third-order valence-corrected chi connectivity index (χ3v) is 3.72. The van der Waals surface area contributed by atoms with Gasteiger partial charge in [0.15, 0.2) is 5.75 Å². The van der Waals surface area contributed by atoms with Crippen molar-refractivity contribution in [3.8, 4) is 11.5 Å². The summed E-state index contributed by atoms with van der Waals surface area (Å²) in [6.07, 6.45) is 4.94. The summed E-state index contributed by atoms with van der Waals surface area (Å²) in [5.74, 6) is 1.63. The first-order chi connectivity index (χ1) is 9.22. The molecule has 3 rings (SSSR count). The van der Waals surface area contributed by atoms with Crippen LogP contribution in [-0.4, -0.2) is 0 Å². The average Bonchev–Trinajstić information content (AvgIpc) is 2.43. The average molecular weight is 253 g/mol. The smallest absolute Gasteiger partial charge is 0.150 e. The molecule has 0 bridgehead atoms. The number of ether oxygens (including phenoxy) is 1. The van der Waals surface area contributed by atoms with Crippen molar-refractivity contribution in [2.24, 2.45) is 0 Å². The largest absolute Gasteiger partial charge is 0.455 e. The minimum absolute atomic E-state index is 0.684. The quantitative estimate of drug-likeness (QED) is 0.812. The van der Waals surface area contributed by atoms with Crippen molar-refractivity contribution in [1.29, 1.82) is 0 Å². The molecule has 0 aliphatic heterocycles. The summed E-state index contributed by atoms with van der Waals surface area (Å²) in [5, 5.41) is 0. The molecule has 0 amide bonds. The highest BCUT2D eigenvalue weighted by atomic mass is 16.5. The fourth-order valence-electron chi connectivity index (χ4n) is 2.63. The summed E-state index contributed by atoms with van der Waals surface area (Å²) in [6.45, 7) is 2.04. The number of fused-ring (bicyclic) bond motifs is 1. The summed E-state index contributed by atoms with van der Waals surface area (Å²) >= 11 is 0. The Hall–Kier alpha value is -1.96. The third-order valence-electron chi connectivity index (χ3n) is 3.72. The van der Waals surface area contributed by atoms with E-state index in [1.807, 2.05) is 31.2 Å². The Morgan fingerprint density at radius 2 is 1.74 bits per heavy atom. The van der Waals surface area contributed by atoms with Gasteiger partial charge < -0.3 is 10.5 Å². The molecule has 2 aromatic carbocycles. The molecule has 1 aliphatic rings. The SMILES string of the molecule is Cc1ccc(N)c(Oc2ccc3c(c2)CCCC3)c1. The van der Waals surface area contributed by atoms with E-state index in [2.05, 4.69) is 12.1 Å². The van der Waals surface area contributed by atoms with E-state index in [9.17, 15) is 0 Å². The highest BCUT2D eigenvalue weighted by molar-refractivity contribution is 5.55. The first-order valence-corrected chi connectivity index (χ1v) is 6.88. The molecule has 0 unspecified atom stereocenters. The van der Waals surface area contributed by atoms with Gasteiger partial charge in [0, 0.05) is 0 Å². The van der Waals surface area contributed by atoms with Gasteiger partial charge >= 0.3 is 0 Å². The molecule has 0 radical (unpaired) electrons. The minimum Gasteiger partial charge on any atom is -0.455 e. The predicted octanol–water partition coefficient (Wildman–Crippen LogP) is 4.25. The van der Waals surface area contributed by atoms with Crippen LogP contribution in [0.5, 0.6) is 11.5 Å². The summed E-state index contributed by atoms with van der Waals surface area (Å²) in [4.78, 5) is 0. The number of hydrogen-bond acceptors (Lipinski definition) is 2. The zero-order valence-corrected chi connectivity index (χ0v) is 11.3. The molecule has 98 valence electrons. The second kappa shape index (κ2) is 4.96. The van der Waals surface area contributed by atoms with Crippen LogP contribution in [0.4, 0.5) is 5.69 Å². The molecular weight excluding hydrogens is 234 g/mol. The molecule has 2 nitrogen and oxygen atoms in total. The highest BCUT2D eigenvalue weighted by Gasteiger charge is 2.10. The van der Waals surface area contributed by atoms with E-state index in [0.29, 0.717) is 5.69 Å². The Kier molecular flexibility index (Phi) is 3.16. The molecule has 2 aromatic rings. The summed E-state index contributed by atoms with van der Waals surface area (Å²) < 4.78 is 5.93. The monoisotopic (exact) mass is 253 g/mol. The molecule has 1 aliphatic carbocycles. The topological polar surface area (TPSA) is 35.2 Å². The van der Waals surface area contributed by atoms with Gasteiger partial charge in [-0.2, -0.15) is 0 Å². The zero-order chi connectivity index (χ0) is 13.2. The van der Waals surface area contributed by atoms with Gasteiger partial charge in [0.1, 0.15) is 5.75 Å². The summed E-state index contributed by atoms with van der Waals surface area (Å²) in [5.41, 5.74) is 10.7. The minimum atomic E-state index is 0.684. The van der Waals surface area contributed by atoms with Crippen LogP contribution in [0.1, 0.15) is 29.5 Å². The number of nitrogen functional groups attached to an aromatic ring is 1. The molecule has 0 fully saturated rings. The maximum Gasteiger partial charge on any atom is 0.150 e. The second-order valence-electron chi connectivity index (χ2n) is 5.28. The van der Waals surface area contributed by atoms with Crippen molar-refractivity contribution < 1.29 is 4.74 Å². The van der Waals surface area contributed by atoms with E-state index in [1.54, 1.807) is 0 Å². The molecule has 0 saturated heterocycles. The first-order valence-electron chi connectivity index (χ1n) is 6.88. The molecule has 0 heterocycles. The maximum absolute atomic E-state index is 5.95. The predicted molar refractivity (Wildman–Crippen MR) is 78.7 cm³/mol. The number of aryl methyl sites for hydroxylation is 3. The fourth-order valence-corrected chi connectivity index (χ4v) is 2.63. The van der Waals surface area contributed by atoms with E-state index in [0.717, 1.165) is 23.5 Å². The van der Waals surface area contributed by atoms with Gasteiger partial charge in [-0.05, 0) is 73.6 Å². The van der Waals surface area contributed by atoms with Crippen LogP contribution in [0.3, 0.4) is 0 Å². The number of nitrogens with two attached hydrogens (primary N) is 1. The van der Waals surface area contributed by atoms with Crippen molar-refractivity contribution in [2.75, 3.05) is 5.73 Å². The van der Waals surface area contributed by atoms with E-state index < -0.39 is 0 Å². The summed E-state index contributed by atoms with van der Waals surface area (Å²) in [6, 6.07) is 12.3. The van der Waals surface area contributed by atoms with E-state index in [4.69, 9.17) is 10.5 Å². The molecule has 0 spiro atoms. The van der Waals surface area contributed by atoms with Gasteiger partial charge in [-0.15, -0.1) is 0 Å². The Balaban J connectivity index is 1.89. The van der Waals surface area contributed by atoms with Crippen molar-refractivity contribution in [2.45, 2.75) is 32.6 Å². The lowest BCUT2D eigenvalue weighted by Crippen LogP contribution is -2.02. The normalized spacial score (nSPS) is 13.9. The first kappa shape index (κ1) is 12.1. The molecule has 0 atom stereocenters. The summed E-state index contributed by atoms with van der Waals surface area (Å²) in [7, 11) is 0. The van der Waals surface area contributed by atoms with Gasteiger partial charge in [-0.25, -0.2) is 0 Å². The lowest BCUT2D eigenvalue weighted by Gasteiger charge is -2.17. The molecule has 2 heteroatoms. The van der Waals surface area contributed by atoms with E-state index in [1.165, 1.54) is 30.4 Å². The molecule has 0 aromatic heterocycles. The van der Waals surface area contributed by atoms with Crippen LogP contribution < -0.4 is 10.5 Å². The van der Waals surface area contributed by atoms with Gasteiger partial charge in [0.25, 0.3) is 0 Å². The Morgan fingerprint density at radius 1 is 0.947 bits per heavy atom. The number of rotatable bonds is 2. The zero-order valence-electron chi connectivity index (χ0n) is 11.3. The number of benzene rings is 2. The third kappa shape index (κ3) is 2.58. The molecular formula is C17H19NO. The standard InChI is InChI=1S/C17H19NO/c1-12-6-9-16(18)17(10-12)19-15-8-7-13-4-2-3-5-14(13)11-15/h6-11H,2-5,18H2,1H3. The van der Waals surface area contributed by atoms with Gasteiger partial charge in [-0.1, -0.05) is 12.1 Å². The van der Waals surface area contributed by atoms with Crippen LogP contribution in [-0.2, 0) is 12.8 Å².